The Labute approximate surface area is 106 Å². The minimum absolute atomic E-state index is 0.00555. The highest BCUT2D eigenvalue weighted by molar-refractivity contribution is 5.85. The summed E-state index contributed by atoms with van der Waals surface area (Å²) in [5.41, 5.74) is 0.397. The molecule has 1 rings (SSSR count). The number of aromatic hydroxyl groups is 1. The fraction of sp³-hybridized carbons (Fsp3) is 0.417. The van der Waals surface area contributed by atoms with Crippen molar-refractivity contribution in [3.8, 4) is 5.75 Å². The maximum Gasteiger partial charge on any atom is 0.412 e. The zero-order chi connectivity index (χ0) is 13.8. The Kier molecular flexibility index (Phi) is 4.52. The predicted molar refractivity (Wildman–Crippen MR) is 66.9 cm³/mol. The lowest BCUT2D eigenvalue weighted by Crippen LogP contribution is -2.27. The molecule has 1 amide bonds. The quantitative estimate of drug-likeness (QED) is 0.718. The van der Waals surface area contributed by atoms with Crippen molar-refractivity contribution in [2.45, 2.75) is 33.0 Å². The highest BCUT2D eigenvalue weighted by Crippen LogP contribution is 2.22. The summed E-state index contributed by atoms with van der Waals surface area (Å²) in [7, 11) is 0. The van der Waals surface area contributed by atoms with Gasteiger partial charge in [0.2, 0.25) is 0 Å². The fourth-order valence-corrected chi connectivity index (χ4v) is 1.27. The number of hydrogen-bond acceptors (Lipinski definition) is 5. The third kappa shape index (κ3) is 4.60. The fourth-order valence-electron chi connectivity index (χ4n) is 1.27. The first kappa shape index (κ1) is 14.3. The van der Waals surface area contributed by atoms with Crippen LogP contribution in [0.25, 0.3) is 0 Å². The number of rotatable bonds is 3. The molecule has 1 aromatic rings. The van der Waals surface area contributed by atoms with Crippen molar-refractivity contribution in [2.24, 2.45) is 5.90 Å². The van der Waals surface area contributed by atoms with Gasteiger partial charge in [0.05, 0.1) is 6.61 Å². The molecule has 0 aromatic heterocycles. The number of benzene rings is 1. The number of carbonyl (C=O) groups excluding carboxylic acids is 1. The number of carbonyl (C=O) groups is 1. The topological polar surface area (TPSA) is 93.8 Å². The number of phenols is 1. The Morgan fingerprint density at radius 1 is 1.44 bits per heavy atom. The van der Waals surface area contributed by atoms with Gasteiger partial charge in [0.15, 0.2) is 0 Å². The molecule has 1 aromatic carbocycles. The molecule has 0 unspecified atom stereocenters. The molecule has 0 aliphatic heterocycles. The van der Waals surface area contributed by atoms with E-state index in [4.69, 9.17) is 10.6 Å². The number of ether oxygens (including phenoxy) is 1. The Morgan fingerprint density at radius 2 is 2.11 bits per heavy atom. The zero-order valence-electron chi connectivity index (χ0n) is 10.7. The average molecular weight is 254 g/mol. The van der Waals surface area contributed by atoms with Gasteiger partial charge >= 0.3 is 6.09 Å². The second kappa shape index (κ2) is 5.70. The van der Waals surface area contributed by atoms with Crippen LogP contribution in [0.2, 0.25) is 0 Å². The number of amides is 1. The van der Waals surface area contributed by atoms with E-state index in [2.05, 4.69) is 10.2 Å². The van der Waals surface area contributed by atoms with E-state index in [1.54, 1.807) is 32.9 Å². The average Bonchev–Trinajstić information content (AvgIpc) is 2.19. The molecule has 0 radical (unpaired) electrons. The molecule has 0 heterocycles. The van der Waals surface area contributed by atoms with Crippen LogP contribution in [0.1, 0.15) is 26.3 Å². The summed E-state index contributed by atoms with van der Waals surface area (Å²) >= 11 is 0. The predicted octanol–water partition coefficient (Wildman–Crippen LogP) is 2.13. The molecule has 4 N–H and O–H groups in total. The number of anilines is 1. The third-order valence-electron chi connectivity index (χ3n) is 1.97. The van der Waals surface area contributed by atoms with Crippen LogP contribution in [-0.4, -0.2) is 16.8 Å². The van der Waals surface area contributed by atoms with E-state index in [-0.39, 0.29) is 12.4 Å². The summed E-state index contributed by atoms with van der Waals surface area (Å²) in [5.74, 6) is 4.91. The van der Waals surface area contributed by atoms with Crippen molar-refractivity contribution < 1.29 is 19.5 Å². The van der Waals surface area contributed by atoms with Gasteiger partial charge < -0.3 is 9.84 Å². The van der Waals surface area contributed by atoms with E-state index < -0.39 is 11.7 Å². The number of hydrogen-bond donors (Lipinski definition) is 3. The van der Waals surface area contributed by atoms with E-state index in [0.717, 1.165) is 0 Å². The molecule has 0 aliphatic rings. The van der Waals surface area contributed by atoms with E-state index in [1.807, 2.05) is 0 Å². The lowest BCUT2D eigenvalue weighted by atomic mass is 10.2. The maximum absolute atomic E-state index is 11.5. The Balaban J connectivity index is 2.69. The smallest absolute Gasteiger partial charge is 0.412 e. The van der Waals surface area contributed by atoms with Crippen LogP contribution in [0.3, 0.4) is 0 Å². The van der Waals surface area contributed by atoms with Gasteiger partial charge in [-0.2, -0.15) is 0 Å². The van der Waals surface area contributed by atoms with Crippen molar-refractivity contribution in [1.82, 2.24) is 0 Å². The Bertz CT molecular complexity index is 427. The Hall–Kier alpha value is -1.79. The van der Waals surface area contributed by atoms with Crippen LogP contribution >= 0.6 is 0 Å². The maximum atomic E-state index is 11.5. The van der Waals surface area contributed by atoms with Gasteiger partial charge in [-0.1, -0.05) is 6.07 Å². The van der Waals surface area contributed by atoms with Gasteiger partial charge in [-0.05, 0) is 26.8 Å². The van der Waals surface area contributed by atoms with E-state index in [1.165, 1.54) is 6.07 Å². The molecular formula is C12H18N2O4. The molecule has 0 bridgehead atoms. The van der Waals surface area contributed by atoms with Gasteiger partial charge in [0.25, 0.3) is 0 Å². The van der Waals surface area contributed by atoms with Crippen LogP contribution in [0.5, 0.6) is 5.75 Å². The second-order valence-corrected chi connectivity index (χ2v) is 4.78. The first-order valence-electron chi connectivity index (χ1n) is 5.45. The molecular weight excluding hydrogens is 236 g/mol. The molecule has 0 fully saturated rings. The standard InChI is InChI=1S/C12H18N2O4/c1-12(2,3)18-11(16)14-9-5-4-8(7-17-13)10(15)6-9/h4-6,15H,7,13H2,1-3H3,(H,14,16). The summed E-state index contributed by atoms with van der Waals surface area (Å²) in [5, 5.41) is 12.2. The lowest BCUT2D eigenvalue weighted by Gasteiger charge is -2.19. The van der Waals surface area contributed by atoms with E-state index in [9.17, 15) is 9.90 Å². The molecule has 18 heavy (non-hydrogen) atoms. The van der Waals surface area contributed by atoms with Crippen molar-refractivity contribution in [3.63, 3.8) is 0 Å². The van der Waals surface area contributed by atoms with Gasteiger partial charge in [0, 0.05) is 17.3 Å². The zero-order valence-corrected chi connectivity index (χ0v) is 10.7. The minimum atomic E-state index is -0.579. The first-order chi connectivity index (χ1) is 8.31. The third-order valence-corrected chi connectivity index (χ3v) is 1.97. The number of nitrogens with two attached hydrogens (primary N) is 1. The molecule has 100 valence electrons. The van der Waals surface area contributed by atoms with Gasteiger partial charge in [0.1, 0.15) is 11.4 Å². The normalized spacial score (nSPS) is 11.1. The van der Waals surface area contributed by atoms with E-state index >= 15 is 0 Å². The largest absolute Gasteiger partial charge is 0.508 e. The highest BCUT2D eigenvalue weighted by Gasteiger charge is 2.16. The summed E-state index contributed by atoms with van der Waals surface area (Å²) in [4.78, 5) is 15.9. The van der Waals surface area contributed by atoms with Crippen LogP contribution in [0, 0.1) is 0 Å². The first-order valence-corrected chi connectivity index (χ1v) is 5.45. The summed E-state index contributed by atoms with van der Waals surface area (Å²) in [6, 6.07) is 4.63. The van der Waals surface area contributed by atoms with E-state index in [0.29, 0.717) is 11.3 Å². The molecule has 0 atom stereocenters. The number of phenolic OH excluding ortho intramolecular Hbond substituents is 1. The molecule has 6 heteroatoms. The van der Waals surface area contributed by atoms with Crippen molar-refractivity contribution in [3.05, 3.63) is 23.8 Å². The van der Waals surface area contributed by atoms with Gasteiger partial charge in [-0.25, -0.2) is 10.7 Å². The molecule has 0 saturated heterocycles. The van der Waals surface area contributed by atoms with Crippen molar-refractivity contribution in [2.75, 3.05) is 5.32 Å². The molecule has 6 nitrogen and oxygen atoms in total. The second-order valence-electron chi connectivity index (χ2n) is 4.78. The van der Waals surface area contributed by atoms with Gasteiger partial charge in [-0.15, -0.1) is 0 Å². The van der Waals surface area contributed by atoms with Crippen LogP contribution < -0.4 is 11.2 Å². The molecule has 0 saturated carbocycles. The molecule has 0 spiro atoms. The summed E-state index contributed by atoms with van der Waals surface area (Å²) in [6.45, 7) is 5.40. The van der Waals surface area contributed by atoms with Crippen LogP contribution in [0.4, 0.5) is 10.5 Å². The van der Waals surface area contributed by atoms with Crippen molar-refractivity contribution >= 4 is 11.8 Å². The monoisotopic (exact) mass is 254 g/mol. The number of nitrogens with one attached hydrogen (secondary N) is 1. The van der Waals surface area contributed by atoms with Crippen molar-refractivity contribution in [1.29, 1.82) is 0 Å². The minimum Gasteiger partial charge on any atom is -0.508 e. The SMILES string of the molecule is CC(C)(C)OC(=O)Nc1ccc(CON)c(O)c1. The Morgan fingerprint density at radius 3 is 2.61 bits per heavy atom. The van der Waals surface area contributed by atoms with Gasteiger partial charge in [-0.3, -0.25) is 10.2 Å². The van der Waals surface area contributed by atoms with Crippen LogP contribution in [0.15, 0.2) is 18.2 Å². The molecule has 0 aliphatic carbocycles. The van der Waals surface area contributed by atoms with Crippen LogP contribution in [-0.2, 0) is 16.2 Å². The summed E-state index contributed by atoms with van der Waals surface area (Å²) < 4.78 is 5.08. The summed E-state index contributed by atoms with van der Waals surface area (Å²) in [6.07, 6.45) is -0.579. The highest BCUT2D eigenvalue weighted by atomic mass is 16.6. The lowest BCUT2D eigenvalue weighted by molar-refractivity contribution is 0.0636.